The van der Waals surface area contributed by atoms with E-state index in [1.54, 1.807) is 23.5 Å². The van der Waals surface area contributed by atoms with Crippen molar-refractivity contribution in [3.8, 4) is 11.8 Å². The molecule has 0 N–H and O–H groups in total. The number of allylic oxidation sites excluding steroid dienone is 3. The highest BCUT2D eigenvalue weighted by Gasteiger charge is 2.03. The van der Waals surface area contributed by atoms with Crippen LogP contribution in [0.1, 0.15) is 44.4 Å². The maximum Gasteiger partial charge on any atom is 0.178 e. The quantitative estimate of drug-likeness (QED) is 0.344. The third kappa shape index (κ3) is 9.69. The van der Waals surface area contributed by atoms with Gasteiger partial charge in [-0.15, -0.1) is 0 Å². The normalized spacial score (nSPS) is 12.2. The molecule has 2 nitrogen and oxygen atoms in total. The van der Waals surface area contributed by atoms with Crippen LogP contribution in [0.2, 0.25) is 0 Å². The Labute approximate surface area is 185 Å². The molecule has 30 heavy (non-hydrogen) atoms. The molecule has 0 atom stereocenters. The van der Waals surface area contributed by atoms with Crippen LogP contribution in [-0.4, -0.2) is 23.8 Å². The minimum Gasteiger partial charge on any atom is -0.296 e. The smallest absolute Gasteiger partial charge is 0.178 e. The SMILES string of the molecule is CCN(CC=CC#CC(C)(C)C)Cc1cccc(C=CC(=O)C=Cc2ccsc2)c1. The molecule has 0 bridgehead atoms. The zero-order chi connectivity index (χ0) is 21.8. The van der Waals surface area contributed by atoms with E-state index < -0.39 is 0 Å². The fourth-order valence-electron chi connectivity index (χ4n) is 2.66. The van der Waals surface area contributed by atoms with Crippen LogP contribution in [0, 0.1) is 17.3 Å². The van der Waals surface area contributed by atoms with Gasteiger partial charge in [0.25, 0.3) is 0 Å². The van der Waals surface area contributed by atoms with Crippen LogP contribution in [-0.2, 0) is 11.3 Å². The molecule has 0 aliphatic rings. The molecule has 0 aliphatic carbocycles. The zero-order valence-corrected chi connectivity index (χ0v) is 19.2. The molecule has 0 saturated heterocycles. The summed E-state index contributed by atoms with van der Waals surface area (Å²) in [6.45, 7) is 11.2. The van der Waals surface area contributed by atoms with E-state index in [2.05, 4.69) is 62.6 Å². The summed E-state index contributed by atoms with van der Waals surface area (Å²) in [5.41, 5.74) is 3.35. The van der Waals surface area contributed by atoms with Crippen LogP contribution in [0.3, 0.4) is 0 Å². The van der Waals surface area contributed by atoms with E-state index in [0.29, 0.717) is 0 Å². The van der Waals surface area contributed by atoms with E-state index in [1.165, 1.54) is 5.56 Å². The third-order valence-corrected chi connectivity index (χ3v) is 4.94. The van der Waals surface area contributed by atoms with Gasteiger partial charge < -0.3 is 0 Å². The lowest BCUT2D eigenvalue weighted by Crippen LogP contribution is -2.22. The van der Waals surface area contributed by atoms with Crippen molar-refractivity contribution in [2.75, 3.05) is 13.1 Å². The van der Waals surface area contributed by atoms with E-state index in [4.69, 9.17) is 0 Å². The second-order valence-electron chi connectivity index (χ2n) is 8.12. The van der Waals surface area contributed by atoms with Crippen LogP contribution in [0.15, 0.2) is 65.4 Å². The Hall–Kier alpha value is -2.67. The number of hydrogen-bond acceptors (Lipinski definition) is 3. The minimum absolute atomic E-state index is 0.0108. The molecule has 0 fully saturated rings. The number of carbonyl (C=O) groups excluding carboxylic acids is 1. The number of likely N-dealkylation sites (N-methyl/N-ethyl adjacent to an activating group) is 1. The van der Waals surface area contributed by atoms with Crippen LogP contribution in [0.4, 0.5) is 0 Å². The lowest BCUT2D eigenvalue weighted by molar-refractivity contribution is -0.110. The first-order valence-electron chi connectivity index (χ1n) is 10.3. The summed E-state index contributed by atoms with van der Waals surface area (Å²) in [5.74, 6) is 6.33. The first-order chi connectivity index (χ1) is 14.4. The predicted molar refractivity (Wildman–Crippen MR) is 131 cm³/mol. The van der Waals surface area contributed by atoms with Gasteiger partial charge in [-0.05, 0) is 79.1 Å². The predicted octanol–water partition coefficient (Wildman–Crippen LogP) is 6.47. The molecule has 3 heteroatoms. The summed E-state index contributed by atoms with van der Waals surface area (Å²) in [6, 6.07) is 10.3. The summed E-state index contributed by atoms with van der Waals surface area (Å²) in [5, 5.41) is 4.02. The summed E-state index contributed by atoms with van der Waals surface area (Å²) in [4.78, 5) is 14.4. The summed E-state index contributed by atoms with van der Waals surface area (Å²) >= 11 is 1.62. The van der Waals surface area contributed by atoms with Gasteiger partial charge in [0.2, 0.25) is 0 Å². The number of benzene rings is 1. The van der Waals surface area contributed by atoms with Gasteiger partial charge in [-0.25, -0.2) is 0 Å². The lowest BCUT2D eigenvalue weighted by atomic mass is 9.98. The average Bonchev–Trinajstić information content (AvgIpc) is 3.22. The third-order valence-electron chi connectivity index (χ3n) is 4.24. The Balaban J connectivity index is 1.92. The summed E-state index contributed by atoms with van der Waals surface area (Å²) in [6.07, 6.45) is 11.0. The first-order valence-corrected chi connectivity index (χ1v) is 11.2. The van der Waals surface area contributed by atoms with Crippen molar-refractivity contribution in [3.63, 3.8) is 0 Å². The Morgan fingerprint density at radius 1 is 1.13 bits per heavy atom. The van der Waals surface area contributed by atoms with Crippen LogP contribution < -0.4 is 0 Å². The molecule has 0 aliphatic heterocycles. The Bertz CT molecular complexity index is 947. The number of hydrogen-bond donors (Lipinski definition) is 0. The van der Waals surface area contributed by atoms with Gasteiger partial charge in [0.15, 0.2) is 5.78 Å². The Morgan fingerprint density at radius 2 is 1.90 bits per heavy atom. The van der Waals surface area contributed by atoms with E-state index in [1.807, 2.05) is 47.2 Å². The standard InChI is InChI=1S/C27H31NOS/c1-5-28(18-8-6-7-17-27(2,3)4)21-25-11-9-10-23(20-25)12-14-26(29)15-13-24-16-19-30-22-24/h6,8-16,19-20,22H,5,18,21H2,1-4H3. The Morgan fingerprint density at radius 3 is 2.57 bits per heavy atom. The van der Waals surface area contributed by atoms with Crippen LogP contribution in [0.25, 0.3) is 12.2 Å². The van der Waals surface area contributed by atoms with Crippen molar-refractivity contribution in [2.24, 2.45) is 5.41 Å². The zero-order valence-electron chi connectivity index (χ0n) is 18.4. The highest BCUT2D eigenvalue weighted by atomic mass is 32.1. The highest BCUT2D eigenvalue weighted by molar-refractivity contribution is 7.08. The molecule has 0 amide bonds. The molecule has 2 aromatic rings. The van der Waals surface area contributed by atoms with Gasteiger partial charge in [-0.3, -0.25) is 9.69 Å². The molecule has 1 aromatic carbocycles. The molecule has 1 heterocycles. The highest BCUT2D eigenvalue weighted by Crippen LogP contribution is 2.12. The average molecular weight is 418 g/mol. The van der Waals surface area contributed by atoms with E-state index in [-0.39, 0.29) is 11.2 Å². The Kier molecular flexibility index (Phi) is 9.54. The van der Waals surface area contributed by atoms with Crippen molar-refractivity contribution in [1.82, 2.24) is 4.90 Å². The van der Waals surface area contributed by atoms with Crippen LogP contribution in [0.5, 0.6) is 0 Å². The molecule has 0 unspecified atom stereocenters. The van der Waals surface area contributed by atoms with E-state index in [9.17, 15) is 4.79 Å². The van der Waals surface area contributed by atoms with Crippen LogP contribution >= 0.6 is 11.3 Å². The minimum atomic E-state index is -0.0108. The number of ketones is 1. The van der Waals surface area contributed by atoms with E-state index >= 15 is 0 Å². The monoisotopic (exact) mass is 417 g/mol. The summed E-state index contributed by atoms with van der Waals surface area (Å²) in [7, 11) is 0. The molecule has 0 radical (unpaired) electrons. The van der Waals surface area contributed by atoms with Gasteiger partial charge in [-0.2, -0.15) is 11.3 Å². The number of nitrogens with zero attached hydrogens (tertiary/aromatic N) is 1. The first kappa shape index (κ1) is 23.6. The van der Waals surface area contributed by atoms with Gasteiger partial charge in [0.05, 0.1) is 0 Å². The van der Waals surface area contributed by atoms with Crippen molar-refractivity contribution in [1.29, 1.82) is 0 Å². The number of thiophene rings is 1. The van der Waals surface area contributed by atoms with Crippen molar-refractivity contribution >= 4 is 29.3 Å². The lowest BCUT2D eigenvalue weighted by Gasteiger charge is -2.18. The van der Waals surface area contributed by atoms with Crippen molar-refractivity contribution < 1.29 is 4.79 Å². The molecule has 0 spiro atoms. The van der Waals surface area contributed by atoms with Gasteiger partial charge in [0.1, 0.15) is 0 Å². The second-order valence-corrected chi connectivity index (χ2v) is 8.90. The molecule has 0 saturated carbocycles. The van der Waals surface area contributed by atoms with Crippen molar-refractivity contribution in [3.05, 3.63) is 82.1 Å². The molecule has 1 aromatic heterocycles. The molecular weight excluding hydrogens is 386 g/mol. The maximum absolute atomic E-state index is 12.1. The van der Waals surface area contributed by atoms with E-state index in [0.717, 1.165) is 30.8 Å². The topological polar surface area (TPSA) is 20.3 Å². The molecule has 156 valence electrons. The fraction of sp³-hybridized carbons (Fsp3) is 0.296. The molecular formula is C27H31NOS. The maximum atomic E-state index is 12.1. The summed E-state index contributed by atoms with van der Waals surface area (Å²) < 4.78 is 0. The van der Waals surface area contributed by atoms with Gasteiger partial charge >= 0.3 is 0 Å². The van der Waals surface area contributed by atoms with Gasteiger partial charge in [0, 0.05) is 18.5 Å². The number of rotatable bonds is 9. The van der Waals surface area contributed by atoms with Crippen molar-refractivity contribution in [2.45, 2.75) is 34.2 Å². The number of carbonyl (C=O) groups is 1. The largest absolute Gasteiger partial charge is 0.296 e. The fourth-order valence-corrected chi connectivity index (χ4v) is 3.29. The molecule has 2 rings (SSSR count). The second kappa shape index (κ2) is 12.1. The van der Waals surface area contributed by atoms with Gasteiger partial charge in [-0.1, -0.05) is 61.3 Å².